The maximum absolute atomic E-state index is 3.93. The van der Waals surface area contributed by atoms with Gasteiger partial charge in [-0.1, -0.05) is 26.7 Å². The lowest BCUT2D eigenvalue weighted by Crippen LogP contribution is -2.59. The van der Waals surface area contributed by atoms with E-state index in [9.17, 15) is 0 Å². The standard InChI is InChI=1S/C14H25N/c1-10-6-7-15-14(10)11(2)8-12-4-3-5-13(14)9-12/h10-13,15H,3-9H2,1-2H3. The summed E-state index contributed by atoms with van der Waals surface area (Å²) in [4.78, 5) is 0. The summed E-state index contributed by atoms with van der Waals surface area (Å²) in [6, 6.07) is 0. The van der Waals surface area contributed by atoms with Crippen molar-refractivity contribution in [1.82, 2.24) is 5.32 Å². The van der Waals surface area contributed by atoms with E-state index in [4.69, 9.17) is 0 Å². The van der Waals surface area contributed by atoms with Crippen molar-refractivity contribution in [2.24, 2.45) is 23.7 Å². The van der Waals surface area contributed by atoms with Crippen LogP contribution in [0.3, 0.4) is 0 Å². The summed E-state index contributed by atoms with van der Waals surface area (Å²) in [6.07, 6.45) is 8.95. The number of nitrogens with one attached hydrogen (secondary N) is 1. The first kappa shape index (κ1) is 10.1. The minimum absolute atomic E-state index is 0.539. The van der Waals surface area contributed by atoms with Crippen molar-refractivity contribution in [3.05, 3.63) is 0 Å². The van der Waals surface area contributed by atoms with Crippen LogP contribution in [0.25, 0.3) is 0 Å². The van der Waals surface area contributed by atoms with Crippen molar-refractivity contribution in [3.63, 3.8) is 0 Å². The summed E-state index contributed by atoms with van der Waals surface area (Å²) >= 11 is 0. The molecule has 0 aromatic heterocycles. The van der Waals surface area contributed by atoms with Crippen molar-refractivity contribution >= 4 is 0 Å². The minimum atomic E-state index is 0.539. The van der Waals surface area contributed by atoms with Crippen LogP contribution in [0.1, 0.15) is 52.4 Å². The molecule has 86 valence electrons. The van der Waals surface area contributed by atoms with E-state index in [2.05, 4.69) is 19.2 Å². The normalized spacial score (nSPS) is 54.8. The fourth-order valence-corrected chi connectivity index (χ4v) is 5.16. The minimum Gasteiger partial charge on any atom is -0.310 e. The van der Waals surface area contributed by atoms with Gasteiger partial charge in [-0.3, -0.25) is 0 Å². The van der Waals surface area contributed by atoms with Crippen molar-refractivity contribution < 1.29 is 0 Å². The average molecular weight is 207 g/mol. The molecule has 0 aromatic carbocycles. The van der Waals surface area contributed by atoms with Gasteiger partial charge in [-0.25, -0.2) is 0 Å². The van der Waals surface area contributed by atoms with Crippen LogP contribution in [-0.4, -0.2) is 12.1 Å². The lowest BCUT2D eigenvalue weighted by molar-refractivity contribution is 0.00391. The molecule has 3 rings (SSSR count). The van der Waals surface area contributed by atoms with Gasteiger partial charge < -0.3 is 5.32 Å². The molecule has 1 aliphatic heterocycles. The molecule has 0 amide bonds. The Morgan fingerprint density at radius 2 is 1.87 bits per heavy atom. The Kier molecular flexibility index (Phi) is 2.35. The molecule has 2 saturated carbocycles. The number of rotatable bonds is 0. The first-order valence-corrected chi connectivity index (χ1v) is 6.98. The highest BCUT2D eigenvalue weighted by molar-refractivity contribution is 5.09. The number of hydrogen-bond acceptors (Lipinski definition) is 1. The van der Waals surface area contributed by atoms with E-state index in [-0.39, 0.29) is 0 Å². The lowest BCUT2D eigenvalue weighted by Gasteiger charge is -2.54. The van der Waals surface area contributed by atoms with Crippen LogP contribution in [0.15, 0.2) is 0 Å². The Morgan fingerprint density at radius 1 is 1.00 bits per heavy atom. The summed E-state index contributed by atoms with van der Waals surface area (Å²) in [5.74, 6) is 3.90. The molecule has 2 bridgehead atoms. The smallest absolute Gasteiger partial charge is 0.0261 e. The summed E-state index contributed by atoms with van der Waals surface area (Å²) in [5, 5.41) is 3.93. The quantitative estimate of drug-likeness (QED) is 0.643. The predicted octanol–water partition coefficient (Wildman–Crippen LogP) is 3.20. The molecule has 5 atom stereocenters. The molecule has 1 N–H and O–H groups in total. The van der Waals surface area contributed by atoms with Gasteiger partial charge in [0.25, 0.3) is 0 Å². The van der Waals surface area contributed by atoms with Gasteiger partial charge in [0.1, 0.15) is 0 Å². The monoisotopic (exact) mass is 207 g/mol. The van der Waals surface area contributed by atoms with Gasteiger partial charge in [-0.2, -0.15) is 0 Å². The first-order valence-electron chi connectivity index (χ1n) is 6.98. The highest BCUT2D eigenvalue weighted by Gasteiger charge is 2.53. The summed E-state index contributed by atoms with van der Waals surface area (Å²) in [6.45, 7) is 6.28. The highest BCUT2D eigenvalue weighted by atomic mass is 15.0. The second-order valence-electron chi connectivity index (χ2n) is 6.42. The second kappa shape index (κ2) is 3.48. The van der Waals surface area contributed by atoms with Crippen LogP contribution in [0.4, 0.5) is 0 Å². The molecule has 1 spiro atoms. The van der Waals surface area contributed by atoms with Gasteiger partial charge in [0.15, 0.2) is 0 Å². The molecule has 15 heavy (non-hydrogen) atoms. The maximum atomic E-state index is 3.93. The van der Waals surface area contributed by atoms with Crippen LogP contribution in [0.2, 0.25) is 0 Å². The molecule has 2 aliphatic carbocycles. The zero-order valence-electron chi connectivity index (χ0n) is 10.3. The fraction of sp³-hybridized carbons (Fsp3) is 1.00. The SMILES string of the molecule is CC1CCNC12C(C)CC1CCCC2C1. The molecule has 1 heteroatoms. The van der Waals surface area contributed by atoms with Crippen molar-refractivity contribution in [2.75, 3.05) is 6.54 Å². The molecule has 3 fully saturated rings. The third-order valence-corrected chi connectivity index (χ3v) is 5.78. The summed E-state index contributed by atoms with van der Waals surface area (Å²) < 4.78 is 0. The van der Waals surface area contributed by atoms with Crippen LogP contribution >= 0.6 is 0 Å². The van der Waals surface area contributed by atoms with Crippen LogP contribution in [0, 0.1) is 23.7 Å². The van der Waals surface area contributed by atoms with E-state index < -0.39 is 0 Å². The Hall–Kier alpha value is -0.0400. The molecule has 1 saturated heterocycles. The molecule has 1 heterocycles. The molecular formula is C14H25N. The van der Waals surface area contributed by atoms with Gasteiger partial charge in [0.2, 0.25) is 0 Å². The fourth-order valence-electron chi connectivity index (χ4n) is 5.16. The summed E-state index contributed by atoms with van der Waals surface area (Å²) in [5.41, 5.74) is 0.539. The van der Waals surface area contributed by atoms with Crippen molar-refractivity contribution in [1.29, 1.82) is 0 Å². The van der Waals surface area contributed by atoms with E-state index >= 15 is 0 Å². The molecule has 0 radical (unpaired) electrons. The maximum Gasteiger partial charge on any atom is 0.0261 e. The van der Waals surface area contributed by atoms with Gasteiger partial charge in [-0.15, -0.1) is 0 Å². The zero-order chi connectivity index (χ0) is 10.5. The summed E-state index contributed by atoms with van der Waals surface area (Å²) in [7, 11) is 0. The van der Waals surface area contributed by atoms with E-state index in [1.54, 1.807) is 0 Å². The van der Waals surface area contributed by atoms with Gasteiger partial charge in [0, 0.05) is 5.54 Å². The largest absolute Gasteiger partial charge is 0.310 e. The van der Waals surface area contributed by atoms with E-state index in [1.165, 1.54) is 45.1 Å². The molecular weight excluding hydrogens is 182 g/mol. The molecule has 5 unspecified atom stereocenters. The molecule has 1 nitrogen and oxygen atoms in total. The van der Waals surface area contributed by atoms with E-state index in [0.29, 0.717) is 5.54 Å². The Labute approximate surface area is 94.0 Å². The molecule has 3 aliphatic rings. The van der Waals surface area contributed by atoms with E-state index in [0.717, 1.165) is 23.7 Å². The van der Waals surface area contributed by atoms with Crippen LogP contribution < -0.4 is 5.32 Å². The topological polar surface area (TPSA) is 12.0 Å². The van der Waals surface area contributed by atoms with Crippen molar-refractivity contribution in [2.45, 2.75) is 57.9 Å². The Morgan fingerprint density at radius 3 is 2.60 bits per heavy atom. The number of hydrogen-bond donors (Lipinski definition) is 1. The van der Waals surface area contributed by atoms with E-state index in [1.807, 2.05) is 0 Å². The third-order valence-electron chi connectivity index (χ3n) is 5.78. The van der Waals surface area contributed by atoms with Crippen LogP contribution in [0.5, 0.6) is 0 Å². The average Bonchev–Trinajstić information content (AvgIpc) is 2.60. The highest BCUT2D eigenvalue weighted by Crippen LogP contribution is 2.53. The predicted molar refractivity (Wildman–Crippen MR) is 63.7 cm³/mol. The Balaban J connectivity index is 1.91. The van der Waals surface area contributed by atoms with Crippen LogP contribution in [-0.2, 0) is 0 Å². The number of fused-ring (bicyclic) bond motifs is 3. The lowest BCUT2D eigenvalue weighted by atomic mass is 9.55. The third kappa shape index (κ3) is 1.32. The second-order valence-corrected chi connectivity index (χ2v) is 6.42. The zero-order valence-corrected chi connectivity index (χ0v) is 10.3. The van der Waals surface area contributed by atoms with Gasteiger partial charge in [-0.05, 0) is 55.9 Å². The van der Waals surface area contributed by atoms with Gasteiger partial charge in [0.05, 0.1) is 0 Å². The Bertz CT molecular complexity index is 248. The van der Waals surface area contributed by atoms with Crippen molar-refractivity contribution in [3.8, 4) is 0 Å². The van der Waals surface area contributed by atoms with Gasteiger partial charge >= 0.3 is 0 Å². The first-order chi connectivity index (χ1) is 7.23. The molecule has 0 aromatic rings.